The molecule has 214 valence electrons. The number of aromatic nitrogens is 1. The molecule has 0 N–H and O–H groups in total. The van der Waals surface area contributed by atoms with E-state index in [1.807, 2.05) is 43.3 Å². The Labute approximate surface area is 245 Å². The molecule has 9 nitrogen and oxygen atoms in total. The maximum Gasteiger partial charge on any atom is 0.239 e. The lowest BCUT2D eigenvalue weighted by Crippen LogP contribution is -2.53. The molecule has 1 saturated carbocycles. The highest BCUT2D eigenvalue weighted by atomic mass is 35.5. The number of nitrogens with zero attached hydrogens (tertiary/aromatic N) is 5. The molecule has 41 heavy (non-hydrogen) atoms. The molecule has 2 fully saturated rings. The van der Waals surface area contributed by atoms with Crippen molar-refractivity contribution < 1.29 is 17.9 Å². The van der Waals surface area contributed by atoms with Crippen molar-refractivity contribution in [3.05, 3.63) is 64.9 Å². The number of fused-ring (bicyclic) bond motifs is 3. The number of pyridine rings is 1. The van der Waals surface area contributed by atoms with Crippen LogP contribution in [0, 0.1) is 16.7 Å². The van der Waals surface area contributed by atoms with E-state index in [-0.39, 0.29) is 24.7 Å². The van der Waals surface area contributed by atoms with Crippen molar-refractivity contribution in [1.29, 1.82) is 5.26 Å². The highest BCUT2D eigenvalue weighted by Crippen LogP contribution is 2.49. The molecular weight excluding hydrogens is 562 g/mol. The van der Waals surface area contributed by atoms with Crippen molar-refractivity contribution in [2.24, 2.45) is 5.41 Å². The Morgan fingerprint density at radius 3 is 2.68 bits per heavy atom. The van der Waals surface area contributed by atoms with E-state index in [4.69, 9.17) is 16.3 Å². The lowest BCUT2D eigenvalue weighted by atomic mass is 9.74. The largest absolute Gasteiger partial charge is 0.492 e. The van der Waals surface area contributed by atoms with E-state index in [1.165, 1.54) is 4.31 Å². The second kappa shape index (κ2) is 10.2. The number of halogens is 1. The van der Waals surface area contributed by atoms with Gasteiger partial charge in [0.1, 0.15) is 12.4 Å². The number of hydrogen-bond donors (Lipinski definition) is 0. The molecule has 2 aliphatic heterocycles. The van der Waals surface area contributed by atoms with E-state index in [9.17, 15) is 18.5 Å². The number of benzene rings is 2. The minimum atomic E-state index is -3.79. The molecule has 11 heteroatoms. The van der Waals surface area contributed by atoms with Gasteiger partial charge in [-0.1, -0.05) is 17.7 Å². The second-order valence-electron chi connectivity index (χ2n) is 11.7. The van der Waals surface area contributed by atoms with E-state index < -0.39 is 20.9 Å². The number of carbonyl (C=O) groups is 1. The van der Waals surface area contributed by atoms with E-state index in [0.29, 0.717) is 48.9 Å². The summed E-state index contributed by atoms with van der Waals surface area (Å²) < 4.78 is 34.6. The number of hydrogen-bond acceptors (Lipinski definition) is 7. The van der Waals surface area contributed by atoms with Crippen molar-refractivity contribution in [3.63, 3.8) is 0 Å². The maximum atomic E-state index is 14.5. The Morgan fingerprint density at radius 2 is 1.95 bits per heavy atom. The molecule has 1 unspecified atom stereocenters. The first kappa shape index (κ1) is 27.9. The SMILES string of the molecule is CN(C)CCOc1ccc2cncc(N3CCC4(CN(S(=O)(=O)CC5(C#N)CC5)Cc5ccc(Cl)cc54)C3=O)c2c1. The van der Waals surface area contributed by atoms with Gasteiger partial charge in [-0.15, -0.1) is 0 Å². The molecule has 3 aliphatic rings. The molecule has 3 aromatic rings. The Kier molecular flexibility index (Phi) is 6.97. The van der Waals surface area contributed by atoms with Crippen LogP contribution in [0.25, 0.3) is 10.8 Å². The highest BCUT2D eigenvalue weighted by molar-refractivity contribution is 7.89. The normalized spacial score (nSPS) is 21.8. The van der Waals surface area contributed by atoms with Gasteiger partial charge < -0.3 is 14.5 Å². The van der Waals surface area contributed by atoms with Gasteiger partial charge in [0, 0.05) is 48.2 Å². The molecule has 1 aliphatic carbocycles. The number of likely N-dealkylation sites (N-methyl/N-ethyl adjacent to an activating group) is 1. The van der Waals surface area contributed by atoms with Crippen LogP contribution in [0.3, 0.4) is 0 Å². The van der Waals surface area contributed by atoms with Crippen LogP contribution in [0.1, 0.15) is 30.4 Å². The van der Waals surface area contributed by atoms with Crippen LogP contribution in [0.4, 0.5) is 5.69 Å². The average molecular weight is 594 g/mol. The molecule has 1 amide bonds. The minimum absolute atomic E-state index is 0.0105. The summed E-state index contributed by atoms with van der Waals surface area (Å²) in [5, 5.41) is 11.8. The maximum absolute atomic E-state index is 14.5. The van der Waals surface area contributed by atoms with Crippen LogP contribution in [-0.4, -0.2) is 74.6 Å². The predicted octanol–water partition coefficient (Wildman–Crippen LogP) is 3.95. The van der Waals surface area contributed by atoms with Crippen LogP contribution in [-0.2, 0) is 26.8 Å². The fraction of sp³-hybridized carbons (Fsp3) is 0.433. The van der Waals surface area contributed by atoms with Gasteiger partial charge in [0.15, 0.2) is 0 Å². The monoisotopic (exact) mass is 593 g/mol. The van der Waals surface area contributed by atoms with E-state index in [1.54, 1.807) is 29.4 Å². The molecule has 6 rings (SSSR count). The summed E-state index contributed by atoms with van der Waals surface area (Å²) >= 11 is 6.42. The summed E-state index contributed by atoms with van der Waals surface area (Å²) in [6, 6.07) is 13.3. The molecule has 1 atom stereocenters. The van der Waals surface area contributed by atoms with Crippen molar-refractivity contribution in [2.75, 3.05) is 51.0 Å². The first-order valence-corrected chi connectivity index (χ1v) is 15.7. The molecular formula is C30H32ClN5O4S. The molecule has 0 radical (unpaired) electrons. The number of amides is 1. The van der Waals surface area contributed by atoms with Crippen LogP contribution in [0.2, 0.25) is 5.02 Å². The first-order valence-electron chi connectivity index (χ1n) is 13.7. The standard InChI is InChI=1S/C30H32ClN5O4S/c1-34(2)11-12-40-24-6-4-21-15-33-16-27(25(21)14-24)36-10-9-30(28(36)37)19-35(17-22-3-5-23(31)13-26(22)30)41(38,39)20-29(18-32)7-8-29/h3-6,13-16H,7-12,17,19-20H2,1-2H3. The summed E-state index contributed by atoms with van der Waals surface area (Å²) in [4.78, 5) is 22.7. The van der Waals surface area contributed by atoms with Gasteiger partial charge in [-0.25, -0.2) is 8.42 Å². The predicted molar refractivity (Wildman–Crippen MR) is 157 cm³/mol. The van der Waals surface area contributed by atoms with Crippen molar-refractivity contribution >= 4 is 44.0 Å². The van der Waals surface area contributed by atoms with Crippen LogP contribution >= 0.6 is 11.6 Å². The number of nitriles is 1. The van der Waals surface area contributed by atoms with Gasteiger partial charge >= 0.3 is 0 Å². The number of ether oxygens (including phenoxy) is 1. The Balaban J connectivity index is 1.37. The van der Waals surface area contributed by atoms with Gasteiger partial charge in [-0.05, 0) is 74.8 Å². The number of sulfonamides is 1. The van der Waals surface area contributed by atoms with E-state index in [0.717, 1.165) is 28.4 Å². The van der Waals surface area contributed by atoms with Crippen LogP contribution in [0.15, 0.2) is 48.8 Å². The molecule has 1 spiro atoms. The number of carbonyl (C=O) groups excluding carboxylic acids is 1. The molecule has 3 heterocycles. The fourth-order valence-corrected chi connectivity index (χ4v) is 8.17. The summed E-state index contributed by atoms with van der Waals surface area (Å²) in [6.45, 7) is 1.85. The van der Waals surface area contributed by atoms with Gasteiger partial charge in [0.2, 0.25) is 15.9 Å². The van der Waals surface area contributed by atoms with Crippen molar-refractivity contribution in [1.82, 2.24) is 14.2 Å². The second-order valence-corrected chi connectivity index (χ2v) is 14.1. The van der Waals surface area contributed by atoms with Crippen molar-refractivity contribution in [2.45, 2.75) is 31.2 Å². The lowest BCUT2D eigenvalue weighted by Gasteiger charge is -2.40. The lowest BCUT2D eigenvalue weighted by molar-refractivity contribution is -0.122. The van der Waals surface area contributed by atoms with E-state index in [2.05, 4.69) is 11.1 Å². The summed E-state index contributed by atoms with van der Waals surface area (Å²) in [6.07, 6.45) is 5.02. The quantitative estimate of drug-likeness (QED) is 0.389. The zero-order valence-corrected chi connectivity index (χ0v) is 24.7. The van der Waals surface area contributed by atoms with Crippen LogP contribution in [0.5, 0.6) is 5.75 Å². The molecule has 2 aromatic carbocycles. The van der Waals surface area contributed by atoms with Gasteiger partial charge in [-0.2, -0.15) is 9.57 Å². The van der Waals surface area contributed by atoms with Gasteiger partial charge in [0.25, 0.3) is 0 Å². The Bertz CT molecular complexity index is 1680. The third-order valence-electron chi connectivity index (χ3n) is 8.55. The van der Waals surface area contributed by atoms with Crippen LogP contribution < -0.4 is 9.64 Å². The fourth-order valence-electron chi connectivity index (χ4n) is 6.01. The average Bonchev–Trinajstić information content (AvgIpc) is 3.64. The smallest absolute Gasteiger partial charge is 0.239 e. The van der Waals surface area contributed by atoms with Gasteiger partial charge in [0.05, 0.1) is 34.5 Å². The highest BCUT2D eigenvalue weighted by Gasteiger charge is 2.56. The Morgan fingerprint density at radius 1 is 1.15 bits per heavy atom. The molecule has 1 saturated heterocycles. The molecule has 1 aromatic heterocycles. The zero-order valence-electron chi connectivity index (χ0n) is 23.1. The first-order chi connectivity index (χ1) is 19.6. The number of rotatable bonds is 8. The van der Waals surface area contributed by atoms with Crippen molar-refractivity contribution in [3.8, 4) is 11.8 Å². The minimum Gasteiger partial charge on any atom is -0.492 e. The number of anilines is 1. The third-order valence-corrected chi connectivity index (χ3v) is 10.7. The third kappa shape index (κ3) is 5.06. The zero-order chi connectivity index (χ0) is 29.0. The van der Waals surface area contributed by atoms with Gasteiger partial charge in [-0.3, -0.25) is 9.78 Å². The van der Waals surface area contributed by atoms with E-state index >= 15 is 0 Å². The topological polar surface area (TPSA) is 107 Å². The molecule has 0 bridgehead atoms. The summed E-state index contributed by atoms with van der Waals surface area (Å²) in [5.74, 6) is 0.291. The summed E-state index contributed by atoms with van der Waals surface area (Å²) in [5.41, 5.74) is 0.267. The Hall–Kier alpha value is -3.23. The summed E-state index contributed by atoms with van der Waals surface area (Å²) in [7, 11) is 0.177.